The third-order valence-electron chi connectivity index (χ3n) is 5.79. The van der Waals surface area contributed by atoms with E-state index < -0.39 is 0 Å². The largest absolute Gasteiger partial charge is 0.487 e. The fourth-order valence-electron chi connectivity index (χ4n) is 3.54. The predicted octanol–water partition coefficient (Wildman–Crippen LogP) is 2.39. The molecule has 8 nitrogen and oxygen atoms in total. The minimum atomic E-state index is 0.150. The smallest absolute Gasteiger partial charge is 0.164 e. The van der Waals surface area contributed by atoms with E-state index in [1.54, 1.807) is 0 Å². The lowest BCUT2D eigenvalue weighted by atomic mass is 10.0. The van der Waals surface area contributed by atoms with Gasteiger partial charge in [0.05, 0.1) is 26.4 Å². The second-order valence-electron chi connectivity index (χ2n) is 8.73. The van der Waals surface area contributed by atoms with Crippen molar-refractivity contribution in [3.63, 3.8) is 0 Å². The van der Waals surface area contributed by atoms with Crippen molar-refractivity contribution in [1.29, 1.82) is 0 Å². The third kappa shape index (κ3) is 5.89. The lowest BCUT2D eigenvalue weighted by Gasteiger charge is -2.19. The zero-order valence-electron chi connectivity index (χ0n) is 18.4. The summed E-state index contributed by atoms with van der Waals surface area (Å²) in [4.78, 5) is 0. The average molecular weight is 456 g/mol. The predicted molar refractivity (Wildman–Crippen MR) is 117 cm³/mol. The van der Waals surface area contributed by atoms with E-state index in [4.69, 9.17) is 37.9 Å². The molecule has 0 aliphatic carbocycles. The highest BCUT2D eigenvalue weighted by Crippen LogP contribution is 2.39. The molecule has 176 valence electrons. The van der Waals surface area contributed by atoms with Gasteiger partial charge in [-0.05, 0) is 12.1 Å². The summed E-state index contributed by atoms with van der Waals surface area (Å²) in [6, 6.07) is 12.0. The van der Waals surface area contributed by atoms with Crippen LogP contribution in [0.3, 0.4) is 0 Å². The van der Waals surface area contributed by atoms with Gasteiger partial charge in [-0.1, -0.05) is 24.3 Å². The number of hydrogen-bond donors (Lipinski definition) is 0. The van der Waals surface area contributed by atoms with Gasteiger partial charge in [-0.2, -0.15) is 0 Å². The maximum Gasteiger partial charge on any atom is 0.164 e. The molecule has 0 bridgehead atoms. The lowest BCUT2D eigenvalue weighted by molar-refractivity contribution is 0.225. The first-order valence-corrected chi connectivity index (χ1v) is 11.5. The average Bonchev–Trinajstić information content (AvgIpc) is 3.65. The van der Waals surface area contributed by atoms with Crippen LogP contribution >= 0.6 is 0 Å². The Balaban J connectivity index is 1.25. The quantitative estimate of drug-likeness (QED) is 0.401. The normalized spacial score (nSPS) is 26.4. The van der Waals surface area contributed by atoms with Gasteiger partial charge in [0, 0.05) is 17.5 Å². The van der Waals surface area contributed by atoms with E-state index in [1.165, 1.54) is 0 Å². The van der Waals surface area contributed by atoms with Crippen molar-refractivity contribution < 1.29 is 37.9 Å². The van der Waals surface area contributed by atoms with Gasteiger partial charge in [0.2, 0.25) is 0 Å². The Morgan fingerprint density at radius 2 is 0.909 bits per heavy atom. The molecule has 4 aliphatic heterocycles. The molecule has 0 radical (unpaired) electrons. The number of benzene rings is 2. The SMILES string of the molecule is c1cc(Cc2cccc(OCC3CO3)c2OCC2CO2)c(OCC2CO2)c(OCC2CO2)c1. The minimum Gasteiger partial charge on any atom is -0.487 e. The minimum absolute atomic E-state index is 0.150. The fraction of sp³-hybridized carbons (Fsp3) is 0.520. The Morgan fingerprint density at radius 1 is 0.545 bits per heavy atom. The molecule has 4 aliphatic rings. The molecule has 33 heavy (non-hydrogen) atoms. The molecule has 0 saturated carbocycles. The number of ether oxygens (including phenoxy) is 8. The van der Waals surface area contributed by atoms with Crippen LogP contribution in [0.2, 0.25) is 0 Å². The lowest BCUT2D eigenvalue weighted by Crippen LogP contribution is -2.12. The molecule has 0 amide bonds. The van der Waals surface area contributed by atoms with Crippen LogP contribution in [0.5, 0.6) is 23.0 Å². The van der Waals surface area contributed by atoms with Crippen molar-refractivity contribution in [2.45, 2.75) is 30.8 Å². The Kier molecular flexibility index (Phi) is 5.98. The Labute approximate surface area is 192 Å². The van der Waals surface area contributed by atoms with E-state index in [2.05, 4.69) is 12.1 Å². The first-order valence-electron chi connectivity index (χ1n) is 11.5. The van der Waals surface area contributed by atoms with Crippen molar-refractivity contribution in [2.24, 2.45) is 0 Å². The van der Waals surface area contributed by atoms with Gasteiger partial charge in [-0.25, -0.2) is 0 Å². The molecule has 0 aromatic heterocycles. The van der Waals surface area contributed by atoms with Crippen molar-refractivity contribution in [1.82, 2.24) is 0 Å². The summed E-state index contributed by atoms with van der Waals surface area (Å²) in [7, 11) is 0. The van der Waals surface area contributed by atoms with E-state index in [1.807, 2.05) is 24.3 Å². The highest BCUT2D eigenvalue weighted by molar-refractivity contribution is 5.53. The molecule has 4 saturated heterocycles. The molecular weight excluding hydrogens is 428 g/mol. The van der Waals surface area contributed by atoms with E-state index in [-0.39, 0.29) is 24.4 Å². The second-order valence-corrected chi connectivity index (χ2v) is 8.73. The van der Waals surface area contributed by atoms with Crippen molar-refractivity contribution >= 4 is 0 Å². The first kappa shape index (κ1) is 21.0. The molecular formula is C25H28O8. The maximum absolute atomic E-state index is 6.18. The molecule has 2 aromatic carbocycles. The fourth-order valence-corrected chi connectivity index (χ4v) is 3.54. The van der Waals surface area contributed by atoms with Gasteiger partial charge >= 0.3 is 0 Å². The second kappa shape index (κ2) is 9.38. The van der Waals surface area contributed by atoms with Crippen LogP contribution in [0.15, 0.2) is 36.4 Å². The topological polar surface area (TPSA) is 87.0 Å². The molecule has 4 atom stereocenters. The number of epoxide rings is 4. The summed E-state index contributed by atoms with van der Waals surface area (Å²) >= 11 is 0. The van der Waals surface area contributed by atoms with Gasteiger partial charge < -0.3 is 37.9 Å². The Morgan fingerprint density at radius 3 is 1.27 bits per heavy atom. The number of rotatable bonds is 14. The summed E-state index contributed by atoms with van der Waals surface area (Å²) in [5, 5.41) is 0. The molecule has 4 heterocycles. The molecule has 0 N–H and O–H groups in total. The molecule has 0 spiro atoms. The van der Waals surface area contributed by atoms with Crippen LogP contribution < -0.4 is 18.9 Å². The molecule has 8 heteroatoms. The Bertz CT molecular complexity index is 885. The summed E-state index contributed by atoms with van der Waals surface area (Å²) in [5.74, 6) is 2.91. The van der Waals surface area contributed by atoms with E-state index in [0.29, 0.717) is 32.8 Å². The molecule has 4 unspecified atom stereocenters. The monoisotopic (exact) mass is 456 g/mol. The summed E-state index contributed by atoms with van der Waals surface area (Å²) in [6.45, 7) is 5.00. The number of para-hydroxylation sites is 2. The first-order chi connectivity index (χ1) is 16.3. The highest BCUT2D eigenvalue weighted by atomic mass is 16.6. The van der Waals surface area contributed by atoms with Crippen molar-refractivity contribution in [2.75, 3.05) is 52.9 Å². The van der Waals surface area contributed by atoms with E-state index in [0.717, 1.165) is 60.6 Å². The zero-order chi connectivity index (χ0) is 22.0. The molecule has 2 aromatic rings. The summed E-state index contributed by atoms with van der Waals surface area (Å²) in [5.41, 5.74) is 2.03. The summed E-state index contributed by atoms with van der Waals surface area (Å²) in [6.07, 6.45) is 1.24. The van der Waals surface area contributed by atoms with Gasteiger partial charge in [-0.3, -0.25) is 0 Å². The van der Waals surface area contributed by atoms with Crippen molar-refractivity contribution in [3.05, 3.63) is 47.5 Å². The van der Waals surface area contributed by atoms with Crippen LogP contribution in [0.4, 0.5) is 0 Å². The zero-order valence-corrected chi connectivity index (χ0v) is 18.4. The van der Waals surface area contributed by atoms with E-state index in [9.17, 15) is 0 Å². The van der Waals surface area contributed by atoms with Gasteiger partial charge in [-0.15, -0.1) is 0 Å². The maximum atomic E-state index is 6.18. The number of hydrogen-bond acceptors (Lipinski definition) is 8. The summed E-state index contributed by atoms with van der Waals surface area (Å²) < 4.78 is 45.7. The standard InChI is InChI=1S/C25H28O8/c1-3-16(24(32-14-20-10-28-20)22(5-1)30-12-18-8-26-18)7-17-4-2-6-23(31-13-19-9-27-19)25(17)33-15-21-11-29-21/h1-6,18-21H,7-15H2. The van der Waals surface area contributed by atoms with Crippen LogP contribution in [-0.4, -0.2) is 77.3 Å². The van der Waals surface area contributed by atoms with Gasteiger partial charge in [0.25, 0.3) is 0 Å². The van der Waals surface area contributed by atoms with Gasteiger partial charge in [0.1, 0.15) is 50.8 Å². The van der Waals surface area contributed by atoms with Crippen LogP contribution in [0.25, 0.3) is 0 Å². The van der Waals surface area contributed by atoms with Crippen LogP contribution in [0, 0.1) is 0 Å². The van der Waals surface area contributed by atoms with E-state index >= 15 is 0 Å². The third-order valence-corrected chi connectivity index (χ3v) is 5.79. The van der Waals surface area contributed by atoms with Crippen molar-refractivity contribution in [3.8, 4) is 23.0 Å². The Hall–Kier alpha value is -2.52. The molecule has 6 rings (SSSR count). The van der Waals surface area contributed by atoms with Crippen LogP contribution in [0.1, 0.15) is 11.1 Å². The molecule has 4 fully saturated rings. The van der Waals surface area contributed by atoms with Crippen LogP contribution in [-0.2, 0) is 25.4 Å². The van der Waals surface area contributed by atoms with Gasteiger partial charge in [0.15, 0.2) is 23.0 Å². The highest BCUT2D eigenvalue weighted by Gasteiger charge is 2.29.